The highest BCUT2D eigenvalue weighted by Gasteiger charge is 2.24. The van der Waals surface area contributed by atoms with Crippen molar-refractivity contribution in [3.63, 3.8) is 0 Å². The molecule has 3 nitrogen and oxygen atoms in total. The Labute approximate surface area is 76.3 Å². The Hall–Kier alpha value is -1.51. The van der Waals surface area contributed by atoms with E-state index in [2.05, 4.69) is 0 Å². The molecule has 0 N–H and O–H groups in total. The van der Waals surface area contributed by atoms with Crippen molar-refractivity contribution in [1.82, 2.24) is 0 Å². The summed E-state index contributed by atoms with van der Waals surface area (Å²) < 4.78 is 10.5. The first-order chi connectivity index (χ1) is 6.33. The predicted molar refractivity (Wildman–Crippen MR) is 47.4 cm³/mol. The lowest BCUT2D eigenvalue weighted by molar-refractivity contribution is 0.0959. The number of fused-ring (bicyclic) bond motifs is 1. The van der Waals surface area contributed by atoms with E-state index in [1.54, 1.807) is 12.1 Å². The molecule has 1 heterocycles. The fourth-order valence-electron chi connectivity index (χ4n) is 1.40. The van der Waals surface area contributed by atoms with Gasteiger partial charge in [0, 0.05) is 0 Å². The van der Waals surface area contributed by atoms with Gasteiger partial charge in [-0.2, -0.15) is 0 Å². The number of ether oxygens (including phenoxy) is 2. The number of hydrogen-bond acceptors (Lipinski definition) is 3. The van der Waals surface area contributed by atoms with E-state index >= 15 is 0 Å². The van der Waals surface area contributed by atoms with Crippen molar-refractivity contribution in [3.05, 3.63) is 23.8 Å². The number of carbonyl (C=O) groups is 1. The second-order valence-electron chi connectivity index (χ2n) is 2.77. The number of carbonyl (C=O) groups excluding carboxylic acids is 1. The monoisotopic (exact) mass is 178 g/mol. The van der Waals surface area contributed by atoms with Crippen LogP contribution in [0.3, 0.4) is 0 Å². The zero-order chi connectivity index (χ0) is 9.26. The minimum absolute atomic E-state index is 0.000880. The zero-order valence-corrected chi connectivity index (χ0v) is 7.37. The molecule has 68 valence electrons. The van der Waals surface area contributed by atoms with E-state index < -0.39 is 0 Å². The second kappa shape index (κ2) is 3.09. The summed E-state index contributed by atoms with van der Waals surface area (Å²) in [4.78, 5) is 11.4. The van der Waals surface area contributed by atoms with Crippen molar-refractivity contribution in [2.45, 2.75) is 6.92 Å². The molecule has 13 heavy (non-hydrogen) atoms. The van der Waals surface area contributed by atoms with Crippen LogP contribution in [0.1, 0.15) is 17.3 Å². The Morgan fingerprint density at radius 1 is 1.54 bits per heavy atom. The summed E-state index contributed by atoms with van der Waals surface area (Å²) in [5, 5.41) is 0. The summed E-state index contributed by atoms with van der Waals surface area (Å²) in [6.07, 6.45) is 0. The molecule has 0 aromatic heterocycles. The molecule has 0 saturated heterocycles. The van der Waals surface area contributed by atoms with Crippen LogP contribution in [0.5, 0.6) is 11.5 Å². The molecule has 3 heteroatoms. The van der Waals surface area contributed by atoms with Gasteiger partial charge in [-0.3, -0.25) is 4.79 Å². The molecule has 1 aliphatic heterocycles. The zero-order valence-electron chi connectivity index (χ0n) is 7.37. The normalized spacial score (nSPS) is 13.8. The van der Waals surface area contributed by atoms with Crippen molar-refractivity contribution in [3.8, 4) is 11.5 Å². The van der Waals surface area contributed by atoms with Crippen molar-refractivity contribution in [2.75, 3.05) is 13.2 Å². The highest BCUT2D eigenvalue weighted by atomic mass is 16.5. The minimum Gasteiger partial charge on any atom is -0.493 e. The van der Waals surface area contributed by atoms with Gasteiger partial charge in [-0.05, 0) is 19.1 Å². The molecule has 1 aliphatic rings. The van der Waals surface area contributed by atoms with Crippen LogP contribution in [-0.4, -0.2) is 19.0 Å². The average molecular weight is 178 g/mol. The molecule has 0 aliphatic carbocycles. The van der Waals surface area contributed by atoms with Crippen molar-refractivity contribution in [2.24, 2.45) is 0 Å². The summed E-state index contributed by atoms with van der Waals surface area (Å²) >= 11 is 0. The molecule has 0 atom stereocenters. The fraction of sp³-hybridized carbons (Fsp3) is 0.300. The predicted octanol–water partition coefficient (Wildman–Crippen LogP) is 1.66. The van der Waals surface area contributed by atoms with Crippen LogP contribution in [0.4, 0.5) is 0 Å². The summed E-state index contributed by atoms with van der Waals surface area (Å²) in [5.74, 6) is 1.26. The Morgan fingerprint density at radius 3 is 3.15 bits per heavy atom. The largest absolute Gasteiger partial charge is 0.493 e. The lowest BCUT2D eigenvalue weighted by Crippen LogP contribution is -2.02. The van der Waals surface area contributed by atoms with Gasteiger partial charge in [0.2, 0.25) is 5.78 Å². The first-order valence-corrected chi connectivity index (χ1v) is 4.24. The topological polar surface area (TPSA) is 35.5 Å². The average Bonchev–Trinajstić information content (AvgIpc) is 2.50. The first-order valence-electron chi connectivity index (χ1n) is 4.24. The Kier molecular flexibility index (Phi) is 1.93. The fourth-order valence-corrected chi connectivity index (χ4v) is 1.40. The molecule has 0 fully saturated rings. The van der Waals surface area contributed by atoms with Crippen LogP contribution in [0.25, 0.3) is 0 Å². The van der Waals surface area contributed by atoms with E-state index in [9.17, 15) is 4.79 Å². The molecule has 2 rings (SSSR count). The quantitative estimate of drug-likeness (QED) is 0.690. The van der Waals surface area contributed by atoms with E-state index in [1.165, 1.54) is 0 Å². The van der Waals surface area contributed by atoms with Gasteiger partial charge in [-0.15, -0.1) is 0 Å². The summed E-state index contributed by atoms with van der Waals surface area (Å²) in [6, 6.07) is 5.39. The van der Waals surface area contributed by atoms with Gasteiger partial charge in [0.15, 0.2) is 6.61 Å². The molecule has 0 saturated carbocycles. The third kappa shape index (κ3) is 1.26. The molecule has 1 aromatic carbocycles. The second-order valence-corrected chi connectivity index (χ2v) is 2.77. The van der Waals surface area contributed by atoms with Crippen LogP contribution in [0.2, 0.25) is 0 Å². The maximum absolute atomic E-state index is 11.4. The molecule has 0 bridgehead atoms. The van der Waals surface area contributed by atoms with Crippen LogP contribution in [0.15, 0.2) is 18.2 Å². The molecule has 1 aromatic rings. The lowest BCUT2D eigenvalue weighted by atomic mass is 10.1. The number of ketones is 1. The SMILES string of the molecule is CCOc1cccc2c1C(=O)CO2. The molecule has 0 amide bonds. The number of benzene rings is 1. The summed E-state index contributed by atoms with van der Waals surface area (Å²) in [6.45, 7) is 2.59. The lowest BCUT2D eigenvalue weighted by Gasteiger charge is -2.05. The highest BCUT2D eigenvalue weighted by molar-refractivity contribution is 6.04. The molecular formula is C10H10O3. The van der Waals surface area contributed by atoms with E-state index in [0.717, 1.165) is 0 Å². The van der Waals surface area contributed by atoms with Gasteiger partial charge in [-0.25, -0.2) is 0 Å². The smallest absolute Gasteiger partial charge is 0.207 e. The van der Waals surface area contributed by atoms with Gasteiger partial charge in [0.25, 0.3) is 0 Å². The van der Waals surface area contributed by atoms with Gasteiger partial charge in [0.1, 0.15) is 17.1 Å². The van der Waals surface area contributed by atoms with Crippen molar-refractivity contribution < 1.29 is 14.3 Å². The van der Waals surface area contributed by atoms with Crippen molar-refractivity contribution in [1.29, 1.82) is 0 Å². The third-order valence-electron chi connectivity index (χ3n) is 1.93. The van der Waals surface area contributed by atoms with E-state index in [1.807, 2.05) is 13.0 Å². The van der Waals surface area contributed by atoms with E-state index in [0.29, 0.717) is 23.7 Å². The number of Topliss-reactive ketones (excluding diaryl/α,β-unsaturated/α-hetero) is 1. The van der Waals surface area contributed by atoms with Crippen LogP contribution < -0.4 is 9.47 Å². The van der Waals surface area contributed by atoms with E-state index in [-0.39, 0.29) is 12.4 Å². The maximum Gasteiger partial charge on any atom is 0.207 e. The standard InChI is InChI=1S/C10H10O3/c1-2-12-8-4-3-5-9-10(8)7(11)6-13-9/h3-5H,2,6H2,1H3. The van der Waals surface area contributed by atoms with Crippen LogP contribution in [0, 0.1) is 0 Å². The Balaban J connectivity index is 2.47. The molecule has 0 spiro atoms. The minimum atomic E-state index is -0.000880. The van der Waals surface area contributed by atoms with E-state index in [4.69, 9.17) is 9.47 Å². The Morgan fingerprint density at radius 2 is 2.38 bits per heavy atom. The molecular weight excluding hydrogens is 168 g/mol. The third-order valence-corrected chi connectivity index (χ3v) is 1.93. The first kappa shape index (κ1) is 8.10. The maximum atomic E-state index is 11.4. The van der Waals surface area contributed by atoms with Gasteiger partial charge in [-0.1, -0.05) is 6.07 Å². The summed E-state index contributed by atoms with van der Waals surface area (Å²) in [7, 11) is 0. The number of hydrogen-bond donors (Lipinski definition) is 0. The van der Waals surface area contributed by atoms with Gasteiger partial charge < -0.3 is 9.47 Å². The highest BCUT2D eigenvalue weighted by Crippen LogP contribution is 2.32. The van der Waals surface area contributed by atoms with Crippen LogP contribution >= 0.6 is 0 Å². The van der Waals surface area contributed by atoms with Gasteiger partial charge in [0.05, 0.1) is 6.61 Å². The van der Waals surface area contributed by atoms with Crippen molar-refractivity contribution >= 4 is 5.78 Å². The Bertz CT molecular complexity index is 344. The number of rotatable bonds is 2. The van der Waals surface area contributed by atoms with Crippen LogP contribution in [-0.2, 0) is 0 Å². The summed E-state index contributed by atoms with van der Waals surface area (Å²) in [5.41, 5.74) is 0.587. The molecule has 0 unspecified atom stereocenters. The van der Waals surface area contributed by atoms with Gasteiger partial charge >= 0.3 is 0 Å². The molecule has 0 radical (unpaired) electrons.